The van der Waals surface area contributed by atoms with Crippen molar-refractivity contribution in [2.75, 3.05) is 26.2 Å². The molecule has 2 saturated heterocycles. The first-order chi connectivity index (χ1) is 18.0. The van der Waals surface area contributed by atoms with Crippen LogP contribution >= 0.6 is 11.3 Å². The van der Waals surface area contributed by atoms with Gasteiger partial charge in [0, 0.05) is 50.2 Å². The van der Waals surface area contributed by atoms with Gasteiger partial charge in [-0.15, -0.1) is 0 Å². The molecule has 2 aliphatic heterocycles. The second-order valence-corrected chi connectivity index (χ2v) is 12.2. The van der Waals surface area contributed by atoms with Gasteiger partial charge in [0.05, 0.1) is 18.3 Å². The highest BCUT2D eigenvalue weighted by Gasteiger charge is 2.48. The van der Waals surface area contributed by atoms with Crippen LogP contribution in [0.25, 0.3) is 16.3 Å². The Kier molecular flexibility index (Phi) is 5.40. The van der Waals surface area contributed by atoms with E-state index in [4.69, 9.17) is 0 Å². The van der Waals surface area contributed by atoms with Crippen LogP contribution < -0.4 is 0 Å². The molecule has 1 amide bonds. The number of aromatic nitrogens is 5. The Morgan fingerprint density at radius 2 is 1.86 bits per heavy atom. The van der Waals surface area contributed by atoms with Crippen molar-refractivity contribution < 1.29 is 4.79 Å². The van der Waals surface area contributed by atoms with Gasteiger partial charge in [0.2, 0.25) is 10.9 Å². The maximum atomic E-state index is 13.0. The van der Waals surface area contributed by atoms with Crippen LogP contribution in [-0.2, 0) is 17.6 Å². The molecule has 1 spiro atoms. The van der Waals surface area contributed by atoms with Crippen molar-refractivity contribution in [3.05, 3.63) is 64.2 Å². The summed E-state index contributed by atoms with van der Waals surface area (Å²) in [7, 11) is 0. The minimum absolute atomic E-state index is 0.191. The average molecular weight is 514 g/mol. The van der Waals surface area contributed by atoms with Crippen molar-refractivity contribution in [3.63, 3.8) is 0 Å². The fraction of sp³-hybridized carbons (Fsp3) is 0.464. The number of piperidine rings is 1. The van der Waals surface area contributed by atoms with Crippen molar-refractivity contribution >= 4 is 22.2 Å². The SMILES string of the molecule is Cc1cnc(-c2ccc3c(c2)CCC3N2CC3(CCN(C(=O)Cc4cnc5sc(C)nn45)CC3)C2)nc1. The molecule has 4 aromatic rings. The number of fused-ring (bicyclic) bond motifs is 2. The molecule has 37 heavy (non-hydrogen) atoms. The minimum Gasteiger partial charge on any atom is -0.342 e. The van der Waals surface area contributed by atoms with E-state index in [0.717, 1.165) is 78.1 Å². The van der Waals surface area contributed by atoms with Gasteiger partial charge in [0.25, 0.3) is 0 Å². The van der Waals surface area contributed by atoms with Crippen LogP contribution in [0.4, 0.5) is 0 Å². The van der Waals surface area contributed by atoms with Crippen LogP contribution in [0.3, 0.4) is 0 Å². The van der Waals surface area contributed by atoms with E-state index in [1.807, 2.05) is 35.7 Å². The summed E-state index contributed by atoms with van der Waals surface area (Å²) in [6.07, 6.45) is 10.4. The van der Waals surface area contributed by atoms with Crippen LogP contribution in [0.2, 0.25) is 0 Å². The van der Waals surface area contributed by atoms with E-state index in [0.29, 0.717) is 17.9 Å². The maximum Gasteiger partial charge on any atom is 0.228 e. The summed E-state index contributed by atoms with van der Waals surface area (Å²) in [6.45, 7) is 7.98. The molecule has 0 N–H and O–H groups in total. The van der Waals surface area contributed by atoms with Gasteiger partial charge >= 0.3 is 0 Å². The largest absolute Gasteiger partial charge is 0.342 e. The van der Waals surface area contributed by atoms with Crippen LogP contribution in [0.5, 0.6) is 0 Å². The molecule has 3 aromatic heterocycles. The first-order valence-corrected chi connectivity index (χ1v) is 14.0. The van der Waals surface area contributed by atoms with Gasteiger partial charge in [-0.2, -0.15) is 5.10 Å². The number of rotatable bonds is 4. The molecule has 7 rings (SSSR count). The molecular formula is C28H31N7OS. The molecule has 0 radical (unpaired) electrons. The number of hydrogen-bond donors (Lipinski definition) is 0. The van der Waals surface area contributed by atoms with Gasteiger partial charge in [-0.1, -0.05) is 23.5 Å². The zero-order valence-corrected chi connectivity index (χ0v) is 22.2. The Bertz CT molecular complexity index is 1470. The molecule has 0 bridgehead atoms. The number of aryl methyl sites for hydroxylation is 3. The van der Waals surface area contributed by atoms with E-state index >= 15 is 0 Å². The van der Waals surface area contributed by atoms with Gasteiger partial charge in [-0.05, 0) is 67.7 Å². The van der Waals surface area contributed by atoms with E-state index in [-0.39, 0.29) is 5.91 Å². The van der Waals surface area contributed by atoms with Gasteiger partial charge in [-0.25, -0.2) is 19.5 Å². The third-order valence-corrected chi connectivity index (χ3v) is 9.35. The standard InChI is InChI=1S/C28H31N7OS/c1-18-13-29-26(30-14-18)21-3-5-23-20(11-21)4-6-24(23)34-16-28(17-34)7-9-33(10-8-28)25(36)12-22-15-31-27-35(22)32-19(2)37-27/h3,5,11,13-15,24H,4,6-10,12,16-17H2,1-2H3. The topological polar surface area (TPSA) is 79.5 Å². The lowest BCUT2D eigenvalue weighted by molar-refractivity contribution is -0.136. The van der Waals surface area contributed by atoms with Gasteiger partial charge in [0.15, 0.2) is 5.82 Å². The molecule has 1 aromatic carbocycles. The van der Waals surface area contributed by atoms with Gasteiger partial charge < -0.3 is 4.90 Å². The average Bonchev–Trinajstić information content (AvgIpc) is 3.57. The van der Waals surface area contributed by atoms with Crippen molar-refractivity contribution in [2.24, 2.45) is 5.41 Å². The number of carbonyl (C=O) groups excluding carboxylic acids is 1. The lowest BCUT2D eigenvalue weighted by Crippen LogP contribution is -2.61. The molecule has 0 saturated carbocycles. The molecule has 190 valence electrons. The van der Waals surface area contributed by atoms with Crippen LogP contribution in [0, 0.1) is 19.3 Å². The number of hydrogen-bond acceptors (Lipinski definition) is 7. The zero-order chi connectivity index (χ0) is 25.1. The summed E-state index contributed by atoms with van der Waals surface area (Å²) in [6, 6.07) is 7.29. The fourth-order valence-electron chi connectivity index (χ4n) is 6.46. The summed E-state index contributed by atoms with van der Waals surface area (Å²) in [5, 5.41) is 5.46. The number of carbonyl (C=O) groups is 1. The first-order valence-electron chi connectivity index (χ1n) is 13.2. The van der Waals surface area contributed by atoms with Crippen LogP contribution in [0.15, 0.2) is 36.8 Å². The van der Waals surface area contributed by atoms with E-state index in [9.17, 15) is 4.79 Å². The quantitative estimate of drug-likeness (QED) is 0.410. The number of nitrogens with zero attached hydrogens (tertiary/aromatic N) is 7. The number of amides is 1. The summed E-state index contributed by atoms with van der Waals surface area (Å²) in [5.74, 6) is 0.997. The first kappa shape index (κ1) is 23.0. The second-order valence-electron chi connectivity index (χ2n) is 11.1. The smallest absolute Gasteiger partial charge is 0.228 e. The monoisotopic (exact) mass is 513 g/mol. The molecule has 1 unspecified atom stereocenters. The summed E-state index contributed by atoms with van der Waals surface area (Å²) in [5.41, 5.74) is 6.36. The normalized spacial score (nSPS) is 20.9. The summed E-state index contributed by atoms with van der Waals surface area (Å²) < 4.78 is 1.82. The Morgan fingerprint density at radius 3 is 2.65 bits per heavy atom. The zero-order valence-electron chi connectivity index (χ0n) is 21.4. The molecule has 2 fully saturated rings. The lowest BCUT2D eigenvalue weighted by Gasteiger charge is -2.56. The van der Waals surface area contributed by atoms with Crippen LogP contribution in [0.1, 0.15) is 52.7 Å². The highest BCUT2D eigenvalue weighted by atomic mass is 32.1. The Morgan fingerprint density at radius 1 is 1.08 bits per heavy atom. The van der Waals surface area contributed by atoms with E-state index in [1.54, 1.807) is 17.5 Å². The van der Waals surface area contributed by atoms with Gasteiger partial charge in [-0.3, -0.25) is 9.69 Å². The lowest BCUT2D eigenvalue weighted by atomic mass is 9.71. The van der Waals surface area contributed by atoms with E-state index in [2.05, 4.69) is 43.1 Å². The highest BCUT2D eigenvalue weighted by Crippen LogP contribution is 2.48. The van der Waals surface area contributed by atoms with Crippen molar-refractivity contribution in [2.45, 2.75) is 52.0 Å². The predicted molar refractivity (Wildman–Crippen MR) is 142 cm³/mol. The Labute approximate surface area is 220 Å². The third-order valence-electron chi connectivity index (χ3n) is 8.51. The molecule has 9 heteroatoms. The van der Waals surface area contributed by atoms with Crippen molar-refractivity contribution in [3.8, 4) is 11.4 Å². The molecule has 5 heterocycles. The predicted octanol–water partition coefficient (Wildman–Crippen LogP) is 4.02. The summed E-state index contributed by atoms with van der Waals surface area (Å²) in [4.78, 5) is 32.0. The number of benzene rings is 1. The number of likely N-dealkylation sites (tertiary alicyclic amines) is 2. The maximum absolute atomic E-state index is 13.0. The van der Waals surface area contributed by atoms with Crippen LogP contribution in [-0.4, -0.2) is 66.5 Å². The van der Waals surface area contributed by atoms with E-state index in [1.165, 1.54) is 17.5 Å². The Hall–Kier alpha value is -3.17. The third kappa shape index (κ3) is 4.05. The van der Waals surface area contributed by atoms with Gasteiger partial charge in [0.1, 0.15) is 5.01 Å². The number of imidazole rings is 1. The molecule has 1 aliphatic carbocycles. The molecule has 8 nitrogen and oxygen atoms in total. The molecule has 1 atom stereocenters. The van der Waals surface area contributed by atoms with E-state index < -0.39 is 0 Å². The van der Waals surface area contributed by atoms with Crippen molar-refractivity contribution in [1.82, 2.24) is 34.4 Å². The molecular weight excluding hydrogens is 482 g/mol. The van der Waals surface area contributed by atoms with Crippen molar-refractivity contribution in [1.29, 1.82) is 0 Å². The second kappa shape index (κ2) is 8.70. The fourth-order valence-corrected chi connectivity index (χ4v) is 7.19. The minimum atomic E-state index is 0.191. The molecule has 3 aliphatic rings. The highest BCUT2D eigenvalue weighted by molar-refractivity contribution is 7.16. The summed E-state index contributed by atoms with van der Waals surface area (Å²) >= 11 is 1.56. The Balaban J connectivity index is 0.958.